The number of methoxy groups -OCH3 is 2. The van der Waals surface area contributed by atoms with Gasteiger partial charge >= 0.3 is 0 Å². The van der Waals surface area contributed by atoms with Crippen LogP contribution in [0.4, 0.5) is 0 Å². The lowest BCUT2D eigenvalue weighted by Gasteiger charge is -2.13. The highest BCUT2D eigenvalue weighted by Crippen LogP contribution is 2.20. The van der Waals surface area contributed by atoms with Gasteiger partial charge in [0.15, 0.2) is 0 Å². The predicted molar refractivity (Wildman–Crippen MR) is 70.8 cm³/mol. The maximum Gasteiger partial charge on any atom is 0.257 e. The molecule has 0 aromatic carbocycles. The number of aromatic nitrogens is 1. The van der Waals surface area contributed by atoms with E-state index in [4.69, 9.17) is 9.47 Å². The predicted octanol–water partition coefficient (Wildman–Crippen LogP) is 0.0593. The number of hydrogen-bond acceptors (Lipinski definition) is 5. The van der Waals surface area contributed by atoms with E-state index in [1.54, 1.807) is 24.1 Å². The van der Waals surface area contributed by atoms with E-state index in [0.717, 1.165) is 0 Å². The highest BCUT2D eigenvalue weighted by molar-refractivity contribution is 5.99. The molecule has 108 valence electrons. The summed E-state index contributed by atoms with van der Waals surface area (Å²) in [6.45, 7) is 0.641. The standard InChI is InChI=1S/C13H17N3O4/c1-16-7-6-9(13(16)18)14-11(17)8-4-5-10(19-2)15-12(8)20-3/h4-5,9H,6-7H2,1-3H3,(H,14,17)/t9-/m0/s1. The zero-order valence-electron chi connectivity index (χ0n) is 11.7. The summed E-state index contributed by atoms with van der Waals surface area (Å²) in [5, 5.41) is 2.70. The first-order chi connectivity index (χ1) is 9.56. The van der Waals surface area contributed by atoms with Crippen LogP contribution in [0.5, 0.6) is 11.8 Å². The van der Waals surface area contributed by atoms with Gasteiger partial charge in [-0.25, -0.2) is 0 Å². The van der Waals surface area contributed by atoms with Gasteiger partial charge in [-0.1, -0.05) is 0 Å². The van der Waals surface area contributed by atoms with E-state index in [1.807, 2.05) is 0 Å². The van der Waals surface area contributed by atoms with Gasteiger partial charge in [-0.3, -0.25) is 9.59 Å². The Balaban J connectivity index is 2.15. The summed E-state index contributed by atoms with van der Waals surface area (Å²) in [7, 11) is 4.62. The molecule has 2 amide bonds. The molecule has 0 radical (unpaired) electrons. The molecule has 1 saturated heterocycles. The van der Waals surface area contributed by atoms with Crippen molar-refractivity contribution in [1.82, 2.24) is 15.2 Å². The Bertz CT molecular complexity index is 532. The van der Waals surface area contributed by atoms with E-state index in [2.05, 4.69) is 10.3 Å². The van der Waals surface area contributed by atoms with Crippen molar-refractivity contribution in [2.45, 2.75) is 12.5 Å². The molecule has 2 rings (SSSR count). The molecule has 2 heterocycles. The van der Waals surface area contributed by atoms with Crippen molar-refractivity contribution >= 4 is 11.8 Å². The zero-order valence-corrected chi connectivity index (χ0v) is 11.7. The van der Waals surface area contributed by atoms with Gasteiger partial charge in [-0.2, -0.15) is 4.98 Å². The van der Waals surface area contributed by atoms with Crippen molar-refractivity contribution in [2.24, 2.45) is 0 Å². The number of hydrogen-bond donors (Lipinski definition) is 1. The maximum absolute atomic E-state index is 12.2. The summed E-state index contributed by atoms with van der Waals surface area (Å²) in [5.41, 5.74) is 0.274. The Hall–Kier alpha value is -2.31. The molecule has 1 aromatic rings. The largest absolute Gasteiger partial charge is 0.481 e. The molecule has 1 aromatic heterocycles. The quantitative estimate of drug-likeness (QED) is 0.843. The highest BCUT2D eigenvalue weighted by Gasteiger charge is 2.31. The number of carbonyl (C=O) groups excluding carboxylic acids is 2. The summed E-state index contributed by atoms with van der Waals surface area (Å²) >= 11 is 0. The molecule has 1 N–H and O–H groups in total. The van der Waals surface area contributed by atoms with Crippen LogP contribution in [-0.4, -0.2) is 55.6 Å². The number of nitrogens with one attached hydrogen (secondary N) is 1. The highest BCUT2D eigenvalue weighted by atomic mass is 16.5. The van der Waals surface area contributed by atoms with E-state index in [1.165, 1.54) is 14.2 Å². The molecule has 1 aliphatic heterocycles. The first-order valence-corrected chi connectivity index (χ1v) is 6.21. The fourth-order valence-electron chi connectivity index (χ4n) is 2.06. The Morgan fingerprint density at radius 3 is 2.70 bits per heavy atom. The summed E-state index contributed by atoms with van der Waals surface area (Å²) < 4.78 is 10.0. The molecular formula is C13H17N3O4. The second-order valence-electron chi connectivity index (χ2n) is 4.48. The number of rotatable bonds is 4. The van der Waals surface area contributed by atoms with E-state index >= 15 is 0 Å². The van der Waals surface area contributed by atoms with Crippen molar-refractivity contribution in [3.05, 3.63) is 17.7 Å². The number of ether oxygens (including phenoxy) is 2. The fourth-order valence-corrected chi connectivity index (χ4v) is 2.06. The van der Waals surface area contributed by atoms with Crippen molar-refractivity contribution in [2.75, 3.05) is 27.8 Å². The summed E-state index contributed by atoms with van der Waals surface area (Å²) in [4.78, 5) is 29.6. The maximum atomic E-state index is 12.2. The molecule has 0 spiro atoms. The molecule has 1 aliphatic rings. The molecule has 0 aliphatic carbocycles. The summed E-state index contributed by atoms with van der Waals surface area (Å²) in [5.74, 6) is 0.0557. The Labute approximate surface area is 116 Å². The summed E-state index contributed by atoms with van der Waals surface area (Å²) in [6.07, 6.45) is 0.604. The smallest absolute Gasteiger partial charge is 0.257 e. The zero-order chi connectivity index (χ0) is 14.7. The second-order valence-corrected chi connectivity index (χ2v) is 4.48. The number of nitrogens with zero attached hydrogens (tertiary/aromatic N) is 2. The molecule has 1 atom stereocenters. The van der Waals surface area contributed by atoms with Crippen molar-refractivity contribution < 1.29 is 19.1 Å². The van der Waals surface area contributed by atoms with E-state index in [9.17, 15) is 9.59 Å². The van der Waals surface area contributed by atoms with Crippen molar-refractivity contribution in [3.63, 3.8) is 0 Å². The molecule has 0 saturated carbocycles. The van der Waals surface area contributed by atoms with Crippen LogP contribution in [0.15, 0.2) is 12.1 Å². The normalized spacial score (nSPS) is 18.1. The Kier molecular flexibility index (Phi) is 4.07. The number of carbonyl (C=O) groups is 2. The lowest BCUT2D eigenvalue weighted by molar-refractivity contribution is -0.128. The van der Waals surface area contributed by atoms with Crippen LogP contribution in [0.1, 0.15) is 16.8 Å². The number of likely N-dealkylation sites (N-methyl/N-ethyl adjacent to an activating group) is 1. The van der Waals surface area contributed by atoms with Crippen LogP contribution in [0, 0.1) is 0 Å². The minimum absolute atomic E-state index is 0.0845. The average Bonchev–Trinajstić information content (AvgIpc) is 2.78. The van der Waals surface area contributed by atoms with Gasteiger partial charge in [-0.15, -0.1) is 0 Å². The first kappa shape index (κ1) is 14.1. The van der Waals surface area contributed by atoms with Gasteiger partial charge in [0.1, 0.15) is 11.6 Å². The molecule has 7 nitrogen and oxygen atoms in total. The number of amides is 2. The third-order valence-corrected chi connectivity index (χ3v) is 3.21. The fraction of sp³-hybridized carbons (Fsp3) is 0.462. The van der Waals surface area contributed by atoms with Crippen LogP contribution in [0.2, 0.25) is 0 Å². The number of pyridine rings is 1. The van der Waals surface area contributed by atoms with E-state index in [-0.39, 0.29) is 23.3 Å². The van der Waals surface area contributed by atoms with Gasteiger partial charge in [-0.05, 0) is 12.5 Å². The van der Waals surface area contributed by atoms with Gasteiger partial charge in [0.25, 0.3) is 5.91 Å². The SMILES string of the molecule is COc1ccc(C(=O)N[C@H]2CCN(C)C2=O)c(OC)n1. The van der Waals surface area contributed by atoms with E-state index in [0.29, 0.717) is 18.8 Å². The second kappa shape index (κ2) is 5.77. The minimum atomic E-state index is -0.487. The van der Waals surface area contributed by atoms with Gasteiger partial charge in [0.05, 0.1) is 14.2 Å². The lowest BCUT2D eigenvalue weighted by atomic mass is 10.2. The average molecular weight is 279 g/mol. The van der Waals surface area contributed by atoms with Crippen molar-refractivity contribution in [3.8, 4) is 11.8 Å². The lowest BCUT2D eigenvalue weighted by Crippen LogP contribution is -2.40. The number of likely N-dealkylation sites (tertiary alicyclic amines) is 1. The van der Waals surface area contributed by atoms with Crippen LogP contribution in [-0.2, 0) is 4.79 Å². The molecular weight excluding hydrogens is 262 g/mol. The Morgan fingerprint density at radius 1 is 1.40 bits per heavy atom. The van der Waals surface area contributed by atoms with Crippen LogP contribution < -0.4 is 14.8 Å². The molecule has 20 heavy (non-hydrogen) atoms. The van der Waals surface area contributed by atoms with Gasteiger partial charge < -0.3 is 19.7 Å². The molecule has 7 heteroatoms. The Morgan fingerprint density at radius 2 is 2.15 bits per heavy atom. The summed E-state index contributed by atoms with van der Waals surface area (Å²) in [6, 6.07) is 2.64. The molecule has 1 fully saturated rings. The van der Waals surface area contributed by atoms with Crippen LogP contribution in [0.3, 0.4) is 0 Å². The first-order valence-electron chi connectivity index (χ1n) is 6.21. The minimum Gasteiger partial charge on any atom is -0.481 e. The topological polar surface area (TPSA) is 80.8 Å². The van der Waals surface area contributed by atoms with Gasteiger partial charge in [0, 0.05) is 19.7 Å². The van der Waals surface area contributed by atoms with Gasteiger partial charge in [0.2, 0.25) is 17.7 Å². The van der Waals surface area contributed by atoms with Crippen LogP contribution >= 0.6 is 0 Å². The third kappa shape index (κ3) is 2.66. The monoisotopic (exact) mass is 279 g/mol. The third-order valence-electron chi connectivity index (χ3n) is 3.21. The molecule has 0 bridgehead atoms. The van der Waals surface area contributed by atoms with E-state index < -0.39 is 6.04 Å². The van der Waals surface area contributed by atoms with Crippen LogP contribution in [0.25, 0.3) is 0 Å². The van der Waals surface area contributed by atoms with Crippen molar-refractivity contribution in [1.29, 1.82) is 0 Å². The molecule has 0 unspecified atom stereocenters.